The highest BCUT2D eigenvalue weighted by molar-refractivity contribution is 8.03. The van der Waals surface area contributed by atoms with Gasteiger partial charge in [-0.3, -0.25) is 4.79 Å². The molecule has 94 valence electrons. The maximum Gasteiger partial charge on any atom is 0.322 e. The molecule has 1 aliphatic heterocycles. The number of sulfonamides is 1. The predicted molar refractivity (Wildman–Crippen MR) is 59.0 cm³/mol. The molecule has 0 radical (unpaired) electrons. The van der Waals surface area contributed by atoms with Crippen LogP contribution in [0.1, 0.15) is 0 Å². The molecule has 0 unspecified atom stereocenters. The van der Waals surface area contributed by atoms with Crippen LogP contribution in [-0.4, -0.2) is 56.1 Å². The molecule has 1 heterocycles. The summed E-state index contributed by atoms with van der Waals surface area (Å²) in [7, 11) is -5.65. The Morgan fingerprint density at radius 2 is 2.00 bits per heavy atom. The van der Waals surface area contributed by atoms with Gasteiger partial charge in [0.15, 0.2) is 5.75 Å². The van der Waals surface area contributed by atoms with E-state index in [4.69, 9.17) is 0 Å². The van der Waals surface area contributed by atoms with Gasteiger partial charge in [-0.1, -0.05) is 0 Å². The van der Waals surface area contributed by atoms with Crippen molar-refractivity contribution in [2.75, 3.05) is 37.5 Å². The average Bonchev–Trinajstić information content (AvgIpc) is 2.16. The van der Waals surface area contributed by atoms with Gasteiger partial charge in [-0.25, -0.2) is 12.6 Å². The van der Waals surface area contributed by atoms with Gasteiger partial charge in [0.2, 0.25) is 0 Å². The zero-order valence-corrected chi connectivity index (χ0v) is 10.5. The SMILES string of the molecule is COC(=O)CS(=O)(=O)N=S1(=O)CCNCC1. The van der Waals surface area contributed by atoms with Crippen molar-refractivity contribution < 1.29 is 22.2 Å². The first-order valence-electron chi connectivity index (χ1n) is 4.61. The van der Waals surface area contributed by atoms with Crippen LogP contribution in [0.25, 0.3) is 0 Å². The van der Waals surface area contributed by atoms with Gasteiger partial charge in [-0.2, -0.15) is 0 Å². The monoisotopic (exact) mass is 270 g/mol. The Balaban J connectivity index is 2.89. The number of rotatable bonds is 3. The second kappa shape index (κ2) is 5.11. The normalized spacial score (nSPS) is 20.1. The van der Waals surface area contributed by atoms with E-state index in [1.165, 1.54) is 0 Å². The molecule has 1 saturated heterocycles. The van der Waals surface area contributed by atoms with Gasteiger partial charge >= 0.3 is 5.97 Å². The molecule has 1 rings (SSSR count). The van der Waals surface area contributed by atoms with Gasteiger partial charge < -0.3 is 10.1 Å². The largest absolute Gasteiger partial charge is 0.468 e. The Labute approximate surface area is 94.8 Å². The van der Waals surface area contributed by atoms with Gasteiger partial charge in [0.05, 0.1) is 16.8 Å². The van der Waals surface area contributed by atoms with Crippen molar-refractivity contribution in [3.63, 3.8) is 0 Å². The summed E-state index contributed by atoms with van der Waals surface area (Å²) in [6.07, 6.45) is 0. The van der Waals surface area contributed by atoms with Crippen molar-refractivity contribution in [1.29, 1.82) is 0 Å². The summed E-state index contributed by atoms with van der Waals surface area (Å²) >= 11 is 0. The Bertz CT molecular complexity index is 463. The van der Waals surface area contributed by atoms with Crippen LogP contribution >= 0.6 is 0 Å². The second-order valence-electron chi connectivity index (χ2n) is 3.31. The van der Waals surface area contributed by atoms with E-state index in [2.05, 4.69) is 13.8 Å². The standard InChI is InChI=1S/C7H14N2O5S2/c1-14-7(10)6-16(12,13)9-15(11)4-2-8-3-5-15/h8H,2-6H2,1H3. The third-order valence-electron chi connectivity index (χ3n) is 1.97. The van der Waals surface area contributed by atoms with Crippen LogP contribution in [0.5, 0.6) is 0 Å². The molecule has 0 aliphatic carbocycles. The van der Waals surface area contributed by atoms with E-state index in [1.807, 2.05) is 0 Å². The van der Waals surface area contributed by atoms with Crippen LogP contribution in [0.2, 0.25) is 0 Å². The van der Waals surface area contributed by atoms with E-state index in [0.717, 1.165) is 7.11 Å². The Hall–Kier alpha value is -0.670. The summed E-state index contributed by atoms with van der Waals surface area (Å²) in [4.78, 5) is 10.8. The van der Waals surface area contributed by atoms with Gasteiger partial charge in [0.25, 0.3) is 10.0 Å². The highest BCUT2D eigenvalue weighted by Crippen LogP contribution is 2.05. The fourth-order valence-corrected chi connectivity index (χ4v) is 5.22. The van der Waals surface area contributed by atoms with E-state index in [-0.39, 0.29) is 11.5 Å². The molecule has 9 heteroatoms. The lowest BCUT2D eigenvalue weighted by atomic mass is 10.6. The van der Waals surface area contributed by atoms with Gasteiger partial charge in [0.1, 0.15) is 0 Å². The number of methoxy groups -OCH3 is 1. The third-order valence-corrected chi connectivity index (χ3v) is 6.25. The van der Waals surface area contributed by atoms with Gasteiger partial charge in [-0.15, -0.1) is 3.77 Å². The molecule has 0 saturated carbocycles. The molecule has 1 fully saturated rings. The first-order valence-corrected chi connectivity index (χ1v) is 8.07. The molecule has 0 aromatic rings. The van der Waals surface area contributed by atoms with Crippen molar-refractivity contribution in [1.82, 2.24) is 5.32 Å². The number of nitrogens with zero attached hydrogens (tertiary/aromatic N) is 1. The summed E-state index contributed by atoms with van der Waals surface area (Å²) in [6.45, 7) is 0.937. The van der Waals surface area contributed by atoms with Crippen LogP contribution in [0.3, 0.4) is 0 Å². The van der Waals surface area contributed by atoms with Crippen LogP contribution < -0.4 is 5.32 Å². The minimum atomic E-state index is -4.00. The lowest BCUT2D eigenvalue weighted by Crippen LogP contribution is -2.36. The van der Waals surface area contributed by atoms with Gasteiger partial charge in [-0.05, 0) is 0 Å². The Morgan fingerprint density at radius 1 is 1.44 bits per heavy atom. The smallest absolute Gasteiger partial charge is 0.322 e. The zero-order valence-electron chi connectivity index (χ0n) is 8.84. The van der Waals surface area contributed by atoms with Crippen LogP contribution in [0, 0.1) is 0 Å². The summed E-state index contributed by atoms with van der Waals surface area (Å²) < 4.78 is 42.3. The first kappa shape index (κ1) is 13.4. The summed E-state index contributed by atoms with van der Waals surface area (Å²) in [5.74, 6) is -1.38. The molecule has 0 spiro atoms. The molecule has 1 aliphatic rings. The molecular formula is C7H14N2O5S2. The Kier molecular flexibility index (Phi) is 4.28. The molecule has 16 heavy (non-hydrogen) atoms. The van der Waals surface area contributed by atoms with Crippen molar-refractivity contribution in [3.05, 3.63) is 0 Å². The number of hydrogen-bond donors (Lipinski definition) is 1. The highest BCUT2D eigenvalue weighted by atomic mass is 32.3. The van der Waals surface area contributed by atoms with Crippen LogP contribution in [-0.2, 0) is 29.3 Å². The van der Waals surface area contributed by atoms with E-state index in [0.29, 0.717) is 13.1 Å². The van der Waals surface area contributed by atoms with Gasteiger partial charge in [0, 0.05) is 24.6 Å². The summed E-state index contributed by atoms with van der Waals surface area (Å²) in [6, 6.07) is 0. The first-order chi connectivity index (χ1) is 7.37. The minimum Gasteiger partial charge on any atom is -0.468 e. The van der Waals surface area contributed by atoms with E-state index >= 15 is 0 Å². The minimum absolute atomic E-state index is 0.188. The molecule has 1 N–H and O–H groups in total. The molecule has 0 aromatic carbocycles. The number of esters is 1. The third kappa shape index (κ3) is 4.06. The molecule has 7 nitrogen and oxygen atoms in total. The number of nitrogens with one attached hydrogen (secondary N) is 1. The highest BCUT2D eigenvalue weighted by Gasteiger charge is 2.22. The second-order valence-corrected chi connectivity index (χ2v) is 7.72. The molecule has 0 aromatic heterocycles. The lowest BCUT2D eigenvalue weighted by molar-refractivity contribution is -0.137. The number of carbonyl (C=O) groups excluding carboxylic acids is 1. The fourth-order valence-electron chi connectivity index (χ4n) is 1.21. The van der Waals surface area contributed by atoms with E-state index < -0.39 is 31.5 Å². The maximum atomic E-state index is 12.0. The van der Waals surface area contributed by atoms with E-state index in [1.54, 1.807) is 0 Å². The predicted octanol–water partition coefficient (Wildman–Crippen LogP) is -1.44. The van der Waals surface area contributed by atoms with Crippen molar-refractivity contribution in [2.24, 2.45) is 3.77 Å². The number of carbonyl (C=O) groups is 1. The quantitative estimate of drug-likeness (QED) is 0.630. The van der Waals surface area contributed by atoms with E-state index in [9.17, 15) is 17.4 Å². The lowest BCUT2D eigenvalue weighted by Gasteiger charge is -2.16. The van der Waals surface area contributed by atoms with Crippen LogP contribution in [0.15, 0.2) is 3.77 Å². The molecular weight excluding hydrogens is 256 g/mol. The zero-order chi connectivity index (χ0) is 12.2. The Morgan fingerprint density at radius 3 is 2.50 bits per heavy atom. The van der Waals surface area contributed by atoms with Crippen molar-refractivity contribution in [3.8, 4) is 0 Å². The number of hydrogen-bond acceptors (Lipinski definition) is 6. The maximum absolute atomic E-state index is 12.0. The fraction of sp³-hybridized carbons (Fsp3) is 0.857. The van der Waals surface area contributed by atoms with Crippen molar-refractivity contribution >= 4 is 25.7 Å². The summed E-state index contributed by atoms with van der Waals surface area (Å²) in [5, 5.41) is 2.95. The summed E-state index contributed by atoms with van der Waals surface area (Å²) in [5.41, 5.74) is 0. The average molecular weight is 270 g/mol. The van der Waals surface area contributed by atoms with Crippen molar-refractivity contribution in [2.45, 2.75) is 0 Å². The molecule has 0 bridgehead atoms. The van der Waals surface area contributed by atoms with Crippen LogP contribution in [0.4, 0.5) is 0 Å². The number of ether oxygens (including phenoxy) is 1. The molecule has 0 amide bonds. The molecule has 0 atom stereocenters. The topological polar surface area (TPSA) is 102 Å².